The molecule has 0 aliphatic carbocycles. The number of carbonyl (C=O) groups excluding carboxylic acids is 2. The first kappa shape index (κ1) is 18.3. The molecule has 0 saturated heterocycles. The number of nitrogens with one attached hydrogen (secondary N) is 1. The van der Waals surface area contributed by atoms with Crippen LogP contribution in [-0.4, -0.2) is 42.8 Å². The van der Waals surface area contributed by atoms with Crippen molar-refractivity contribution in [1.82, 2.24) is 4.31 Å². The molecule has 7 heteroatoms. The highest BCUT2D eigenvalue weighted by Gasteiger charge is 2.31. The minimum absolute atomic E-state index is 0.108. The Hall–Kier alpha value is -1.73. The summed E-state index contributed by atoms with van der Waals surface area (Å²) in [6, 6.07) is 6.51. The molecule has 0 aliphatic heterocycles. The highest BCUT2D eigenvalue weighted by molar-refractivity contribution is 7.88. The third-order valence-electron chi connectivity index (χ3n) is 2.99. The van der Waals surface area contributed by atoms with Crippen LogP contribution in [0.1, 0.15) is 38.1 Å². The first-order chi connectivity index (χ1) is 9.91. The maximum atomic E-state index is 12.1. The lowest BCUT2D eigenvalue weighted by Gasteiger charge is -2.32. The van der Waals surface area contributed by atoms with Crippen LogP contribution in [0.15, 0.2) is 24.3 Å². The molecule has 0 bridgehead atoms. The fraction of sp³-hybridized carbons (Fsp3) is 0.467. The van der Waals surface area contributed by atoms with E-state index in [1.165, 1.54) is 6.92 Å². The standard InChI is InChI=1S/C15H22N2O4S/c1-11(18)12-7-6-8-13(9-12)16-14(19)10-17(15(2,3)4)22(5,20)21/h6-9H,10H2,1-5H3,(H,16,19). The number of sulfonamides is 1. The van der Waals surface area contributed by atoms with Crippen molar-refractivity contribution in [2.75, 3.05) is 18.1 Å². The summed E-state index contributed by atoms with van der Waals surface area (Å²) < 4.78 is 24.8. The molecule has 0 fully saturated rings. The predicted octanol–water partition coefficient (Wildman–Crippen LogP) is 1.89. The van der Waals surface area contributed by atoms with E-state index in [1.54, 1.807) is 45.0 Å². The molecule has 0 atom stereocenters. The largest absolute Gasteiger partial charge is 0.325 e. The maximum Gasteiger partial charge on any atom is 0.239 e. The Morgan fingerprint density at radius 3 is 2.27 bits per heavy atom. The molecule has 0 unspecified atom stereocenters. The van der Waals surface area contributed by atoms with Gasteiger partial charge in [-0.05, 0) is 39.8 Å². The quantitative estimate of drug-likeness (QED) is 0.838. The van der Waals surface area contributed by atoms with Crippen LogP contribution in [0.5, 0.6) is 0 Å². The van der Waals surface area contributed by atoms with Gasteiger partial charge in [0.25, 0.3) is 0 Å². The van der Waals surface area contributed by atoms with Gasteiger partial charge < -0.3 is 5.32 Å². The molecular formula is C15H22N2O4S. The third-order valence-corrected chi connectivity index (χ3v) is 4.47. The van der Waals surface area contributed by atoms with E-state index in [0.29, 0.717) is 11.3 Å². The molecule has 0 saturated carbocycles. The second-order valence-corrected chi connectivity index (χ2v) is 8.03. The van der Waals surface area contributed by atoms with E-state index in [0.717, 1.165) is 10.6 Å². The van der Waals surface area contributed by atoms with E-state index in [-0.39, 0.29) is 12.3 Å². The SMILES string of the molecule is CC(=O)c1cccc(NC(=O)CN(C(C)(C)C)S(C)(=O)=O)c1. The first-order valence-electron chi connectivity index (χ1n) is 6.80. The molecule has 22 heavy (non-hydrogen) atoms. The van der Waals surface area contributed by atoms with Gasteiger partial charge in [-0.1, -0.05) is 12.1 Å². The molecule has 0 aromatic heterocycles. The summed E-state index contributed by atoms with van der Waals surface area (Å²) >= 11 is 0. The highest BCUT2D eigenvalue weighted by atomic mass is 32.2. The molecule has 1 N–H and O–H groups in total. The van der Waals surface area contributed by atoms with Crippen LogP contribution in [-0.2, 0) is 14.8 Å². The number of hydrogen-bond donors (Lipinski definition) is 1. The minimum Gasteiger partial charge on any atom is -0.325 e. The van der Waals surface area contributed by atoms with E-state index in [1.807, 2.05) is 0 Å². The van der Waals surface area contributed by atoms with Gasteiger partial charge in [-0.25, -0.2) is 8.42 Å². The zero-order valence-corrected chi connectivity index (χ0v) is 14.3. The van der Waals surface area contributed by atoms with Crippen molar-refractivity contribution in [2.45, 2.75) is 33.2 Å². The van der Waals surface area contributed by atoms with Crippen LogP contribution < -0.4 is 5.32 Å². The van der Waals surface area contributed by atoms with Crippen LogP contribution in [0.2, 0.25) is 0 Å². The Balaban J connectivity index is 2.89. The van der Waals surface area contributed by atoms with Crippen molar-refractivity contribution >= 4 is 27.4 Å². The molecular weight excluding hydrogens is 304 g/mol. The Kier molecular flexibility index (Phi) is 5.48. The Morgan fingerprint density at radius 1 is 1.23 bits per heavy atom. The second kappa shape index (κ2) is 6.58. The number of amides is 1. The highest BCUT2D eigenvalue weighted by Crippen LogP contribution is 2.17. The molecule has 1 aromatic carbocycles. The number of carbonyl (C=O) groups is 2. The van der Waals surface area contributed by atoms with Gasteiger partial charge in [-0.15, -0.1) is 0 Å². The van der Waals surface area contributed by atoms with Gasteiger partial charge in [0.15, 0.2) is 5.78 Å². The van der Waals surface area contributed by atoms with E-state index in [4.69, 9.17) is 0 Å². The smallest absolute Gasteiger partial charge is 0.239 e. The molecule has 6 nitrogen and oxygen atoms in total. The van der Waals surface area contributed by atoms with E-state index >= 15 is 0 Å². The van der Waals surface area contributed by atoms with Crippen molar-refractivity contribution < 1.29 is 18.0 Å². The molecule has 0 aliphatic rings. The normalized spacial score (nSPS) is 12.3. The summed E-state index contributed by atoms with van der Waals surface area (Å²) in [5.74, 6) is -0.565. The molecule has 1 aromatic rings. The predicted molar refractivity (Wildman–Crippen MR) is 86.4 cm³/mol. The van der Waals surface area contributed by atoms with Crippen LogP contribution in [0, 0.1) is 0 Å². The lowest BCUT2D eigenvalue weighted by molar-refractivity contribution is -0.117. The second-order valence-electron chi connectivity index (χ2n) is 6.13. The van der Waals surface area contributed by atoms with Gasteiger partial charge in [0.05, 0.1) is 12.8 Å². The molecule has 0 radical (unpaired) electrons. The summed E-state index contributed by atoms with van der Waals surface area (Å²) in [7, 11) is -3.51. The van der Waals surface area contributed by atoms with Gasteiger partial charge in [-0.3, -0.25) is 9.59 Å². The summed E-state index contributed by atoms with van der Waals surface area (Å²) in [4.78, 5) is 23.4. The van der Waals surface area contributed by atoms with Crippen LogP contribution in [0.4, 0.5) is 5.69 Å². The van der Waals surface area contributed by atoms with E-state index in [2.05, 4.69) is 5.32 Å². The number of hydrogen-bond acceptors (Lipinski definition) is 4. The lowest BCUT2D eigenvalue weighted by Crippen LogP contribution is -2.48. The molecule has 0 spiro atoms. The van der Waals surface area contributed by atoms with Crippen molar-refractivity contribution in [3.63, 3.8) is 0 Å². The first-order valence-corrected chi connectivity index (χ1v) is 8.65. The zero-order chi connectivity index (χ0) is 17.1. The Morgan fingerprint density at radius 2 is 1.82 bits per heavy atom. The summed E-state index contributed by atoms with van der Waals surface area (Å²) in [5, 5.41) is 2.61. The number of anilines is 1. The summed E-state index contributed by atoms with van der Waals surface area (Å²) in [6.45, 7) is 6.31. The number of Topliss-reactive ketones (excluding diaryl/α,β-unsaturated/α-hetero) is 1. The van der Waals surface area contributed by atoms with Crippen LogP contribution in [0.3, 0.4) is 0 Å². The molecule has 122 valence electrons. The molecule has 1 rings (SSSR count). The third kappa shape index (κ3) is 5.23. The average molecular weight is 326 g/mol. The topological polar surface area (TPSA) is 83.6 Å². The van der Waals surface area contributed by atoms with Crippen molar-refractivity contribution in [3.05, 3.63) is 29.8 Å². The number of nitrogens with zero attached hydrogens (tertiary/aromatic N) is 1. The fourth-order valence-corrected chi connectivity index (χ4v) is 3.35. The van der Waals surface area contributed by atoms with Gasteiger partial charge in [0.2, 0.25) is 15.9 Å². The van der Waals surface area contributed by atoms with E-state index < -0.39 is 21.5 Å². The van der Waals surface area contributed by atoms with Crippen molar-refractivity contribution in [3.8, 4) is 0 Å². The Labute approximate surface area is 131 Å². The Bertz CT molecular complexity index is 675. The maximum absolute atomic E-state index is 12.1. The summed E-state index contributed by atoms with van der Waals surface area (Å²) in [6.07, 6.45) is 1.07. The van der Waals surface area contributed by atoms with Gasteiger partial charge >= 0.3 is 0 Å². The summed E-state index contributed by atoms with van der Waals surface area (Å²) in [5.41, 5.74) is 0.236. The van der Waals surface area contributed by atoms with Crippen molar-refractivity contribution in [1.29, 1.82) is 0 Å². The van der Waals surface area contributed by atoms with Crippen LogP contribution in [0.25, 0.3) is 0 Å². The minimum atomic E-state index is -3.51. The number of ketones is 1. The number of benzene rings is 1. The van der Waals surface area contributed by atoms with Gasteiger partial charge in [-0.2, -0.15) is 4.31 Å². The molecule has 1 amide bonds. The number of rotatable bonds is 5. The van der Waals surface area contributed by atoms with Gasteiger partial charge in [0.1, 0.15) is 0 Å². The monoisotopic (exact) mass is 326 g/mol. The van der Waals surface area contributed by atoms with Gasteiger partial charge in [0, 0.05) is 16.8 Å². The fourth-order valence-electron chi connectivity index (χ4n) is 2.00. The van der Waals surface area contributed by atoms with Crippen LogP contribution >= 0.6 is 0 Å². The zero-order valence-electron chi connectivity index (χ0n) is 13.5. The van der Waals surface area contributed by atoms with E-state index in [9.17, 15) is 18.0 Å². The van der Waals surface area contributed by atoms with Crippen molar-refractivity contribution in [2.24, 2.45) is 0 Å². The average Bonchev–Trinajstić information content (AvgIpc) is 2.33. The lowest BCUT2D eigenvalue weighted by atomic mass is 10.1. The molecule has 0 heterocycles.